The number of halogens is 1. The van der Waals surface area contributed by atoms with Crippen molar-refractivity contribution in [2.45, 2.75) is 0 Å². The quantitative estimate of drug-likeness (QED) is 0.503. The molecule has 0 aliphatic carbocycles. The lowest BCUT2D eigenvalue weighted by Crippen LogP contribution is -2.10. The Morgan fingerprint density at radius 1 is 1.56 bits per heavy atom. The maximum absolute atomic E-state index is 5.52. The molecule has 0 aliphatic heterocycles. The van der Waals surface area contributed by atoms with Gasteiger partial charge in [-0.25, -0.2) is 10.1 Å². The Labute approximate surface area is 112 Å². The molecule has 1 heterocycles. The van der Waals surface area contributed by atoms with Gasteiger partial charge >= 0.3 is 0 Å². The van der Waals surface area contributed by atoms with E-state index in [9.17, 15) is 0 Å². The molecule has 2 rings (SSSR count). The number of nitrogens with zero attached hydrogens (tertiary/aromatic N) is 4. The van der Waals surface area contributed by atoms with Gasteiger partial charge in [0.25, 0.3) is 5.95 Å². The highest BCUT2D eigenvalue weighted by Gasteiger charge is 2.01. The number of methoxy groups -OCH3 is 1. The second kappa shape index (κ2) is 5.50. The summed E-state index contributed by atoms with van der Waals surface area (Å²) in [4.78, 5) is 0. The van der Waals surface area contributed by atoms with Crippen LogP contribution in [0.4, 0.5) is 5.95 Å². The van der Waals surface area contributed by atoms with Gasteiger partial charge in [-0.15, -0.1) is 10.2 Å². The van der Waals surface area contributed by atoms with Crippen LogP contribution >= 0.6 is 15.9 Å². The average Bonchev–Trinajstić information content (AvgIpc) is 2.76. The molecule has 0 bridgehead atoms. The molecule has 8 heteroatoms. The first kappa shape index (κ1) is 12.4. The highest BCUT2D eigenvalue weighted by atomic mass is 79.9. The maximum Gasteiger partial charge on any atom is 0.263 e. The Kier molecular flexibility index (Phi) is 3.78. The molecule has 1 aromatic carbocycles. The summed E-state index contributed by atoms with van der Waals surface area (Å²) in [6.07, 6.45) is 2.98. The summed E-state index contributed by atoms with van der Waals surface area (Å²) in [6, 6.07) is 5.62. The first-order valence-electron chi connectivity index (χ1n) is 4.98. The zero-order valence-corrected chi connectivity index (χ0v) is 11.1. The summed E-state index contributed by atoms with van der Waals surface area (Å²) in [5.74, 6) is 6.59. The van der Waals surface area contributed by atoms with Gasteiger partial charge in [0, 0.05) is 10.0 Å². The highest BCUT2D eigenvalue weighted by molar-refractivity contribution is 9.10. The molecule has 2 aromatic rings. The number of hydrazone groups is 1. The van der Waals surface area contributed by atoms with Crippen LogP contribution in [-0.2, 0) is 0 Å². The van der Waals surface area contributed by atoms with Crippen LogP contribution in [0.2, 0.25) is 0 Å². The third-order valence-corrected chi connectivity index (χ3v) is 2.63. The third kappa shape index (κ3) is 2.77. The number of nitrogens with two attached hydrogens (primary N) is 1. The molecule has 1 aromatic heterocycles. The second-order valence-electron chi connectivity index (χ2n) is 3.32. The molecule has 7 nitrogen and oxygen atoms in total. The summed E-state index contributed by atoms with van der Waals surface area (Å²) < 4.78 is 7.38. The first-order chi connectivity index (χ1) is 8.70. The lowest BCUT2D eigenvalue weighted by atomic mass is 10.2. The van der Waals surface area contributed by atoms with Crippen LogP contribution in [0.3, 0.4) is 0 Å². The number of hydrogen-bond acceptors (Lipinski definition) is 6. The van der Waals surface area contributed by atoms with Crippen LogP contribution in [0.1, 0.15) is 5.56 Å². The van der Waals surface area contributed by atoms with E-state index in [-0.39, 0.29) is 0 Å². The van der Waals surface area contributed by atoms with Crippen LogP contribution < -0.4 is 16.0 Å². The fourth-order valence-corrected chi connectivity index (χ4v) is 1.67. The Morgan fingerprint density at radius 3 is 3.06 bits per heavy atom. The molecule has 0 unspecified atom stereocenters. The molecule has 0 atom stereocenters. The fraction of sp³-hybridized carbons (Fsp3) is 0.100. The van der Waals surface area contributed by atoms with E-state index in [0.717, 1.165) is 15.8 Å². The zero-order chi connectivity index (χ0) is 13.0. The Hall–Kier alpha value is -2.09. The number of ether oxygens (including phenoxy) is 1. The highest BCUT2D eigenvalue weighted by Crippen LogP contribution is 2.21. The number of aromatic nitrogens is 3. The monoisotopic (exact) mass is 310 g/mol. The van der Waals surface area contributed by atoms with E-state index in [0.29, 0.717) is 5.95 Å². The van der Waals surface area contributed by atoms with Gasteiger partial charge in [-0.2, -0.15) is 5.10 Å². The fourth-order valence-electron chi connectivity index (χ4n) is 1.29. The van der Waals surface area contributed by atoms with Gasteiger partial charge in [0.2, 0.25) is 0 Å². The Balaban J connectivity index is 2.13. The standard InChI is InChI=1S/C10H11BrN6O/c1-18-9-3-2-8(11)4-7(9)5-13-15-10-16-14-6-17(10)12/h2-6H,12H2,1H3,(H,15,16). The minimum absolute atomic E-state index is 0.347. The van der Waals surface area contributed by atoms with E-state index < -0.39 is 0 Å². The molecule has 0 saturated carbocycles. The van der Waals surface area contributed by atoms with E-state index in [2.05, 4.69) is 36.7 Å². The molecular formula is C10H11BrN6O. The summed E-state index contributed by atoms with van der Waals surface area (Å²) in [5.41, 5.74) is 3.50. The first-order valence-corrected chi connectivity index (χ1v) is 5.77. The topological polar surface area (TPSA) is 90.3 Å². The minimum atomic E-state index is 0.347. The van der Waals surface area contributed by atoms with Gasteiger partial charge in [-0.05, 0) is 18.2 Å². The molecule has 18 heavy (non-hydrogen) atoms. The van der Waals surface area contributed by atoms with Gasteiger partial charge in [0.15, 0.2) is 0 Å². The van der Waals surface area contributed by atoms with E-state index in [1.165, 1.54) is 11.0 Å². The second-order valence-corrected chi connectivity index (χ2v) is 4.23. The van der Waals surface area contributed by atoms with Crippen molar-refractivity contribution in [3.8, 4) is 5.75 Å². The van der Waals surface area contributed by atoms with Crippen LogP contribution in [-0.4, -0.2) is 28.2 Å². The van der Waals surface area contributed by atoms with E-state index in [1.807, 2.05) is 18.2 Å². The van der Waals surface area contributed by atoms with Crippen molar-refractivity contribution >= 4 is 28.1 Å². The molecule has 0 saturated heterocycles. The number of nitrogen functional groups attached to an aromatic ring is 1. The number of nitrogens with one attached hydrogen (secondary N) is 1. The molecular weight excluding hydrogens is 300 g/mol. The zero-order valence-electron chi connectivity index (χ0n) is 9.54. The van der Waals surface area contributed by atoms with Gasteiger partial charge < -0.3 is 10.6 Å². The lowest BCUT2D eigenvalue weighted by molar-refractivity contribution is 0.414. The predicted octanol–water partition coefficient (Wildman–Crippen LogP) is 1.21. The van der Waals surface area contributed by atoms with Crippen LogP contribution in [0.25, 0.3) is 0 Å². The van der Waals surface area contributed by atoms with Crippen molar-refractivity contribution in [1.82, 2.24) is 14.9 Å². The summed E-state index contributed by atoms with van der Waals surface area (Å²) in [7, 11) is 1.60. The Morgan fingerprint density at radius 2 is 2.39 bits per heavy atom. The van der Waals surface area contributed by atoms with Crippen LogP contribution in [0.15, 0.2) is 34.1 Å². The van der Waals surface area contributed by atoms with E-state index in [1.54, 1.807) is 13.3 Å². The predicted molar refractivity (Wildman–Crippen MR) is 72.1 cm³/mol. The summed E-state index contributed by atoms with van der Waals surface area (Å²) >= 11 is 3.38. The molecule has 0 spiro atoms. The number of hydrogen-bond donors (Lipinski definition) is 2. The third-order valence-electron chi connectivity index (χ3n) is 2.13. The normalized spacial score (nSPS) is 10.8. The van der Waals surface area contributed by atoms with Gasteiger partial charge in [0.1, 0.15) is 12.1 Å². The Bertz CT molecular complexity index is 567. The van der Waals surface area contributed by atoms with Crippen molar-refractivity contribution in [1.29, 1.82) is 0 Å². The molecule has 0 aliphatic rings. The number of anilines is 1. The van der Waals surface area contributed by atoms with Gasteiger partial charge in [-0.1, -0.05) is 15.9 Å². The largest absolute Gasteiger partial charge is 0.496 e. The molecule has 94 valence electrons. The smallest absolute Gasteiger partial charge is 0.263 e. The van der Waals surface area contributed by atoms with E-state index in [4.69, 9.17) is 10.6 Å². The number of benzene rings is 1. The van der Waals surface area contributed by atoms with Crippen LogP contribution in [0.5, 0.6) is 5.75 Å². The SMILES string of the molecule is COc1ccc(Br)cc1C=NNc1nncn1N. The summed E-state index contributed by atoms with van der Waals surface area (Å²) in [6.45, 7) is 0. The van der Waals surface area contributed by atoms with Gasteiger partial charge in [0.05, 0.1) is 13.3 Å². The molecule has 3 N–H and O–H groups in total. The lowest BCUT2D eigenvalue weighted by Gasteiger charge is -2.04. The van der Waals surface area contributed by atoms with Crippen molar-refractivity contribution in [3.63, 3.8) is 0 Å². The average molecular weight is 311 g/mol. The van der Waals surface area contributed by atoms with Gasteiger partial charge in [-0.3, -0.25) is 0 Å². The maximum atomic E-state index is 5.52. The minimum Gasteiger partial charge on any atom is -0.496 e. The molecule has 0 amide bonds. The molecule has 0 fully saturated rings. The van der Waals surface area contributed by atoms with Crippen LogP contribution in [0, 0.1) is 0 Å². The van der Waals surface area contributed by atoms with E-state index >= 15 is 0 Å². The van der Waals surface area contributed by atoms with Crippen molar-refractivity contribution in [2.24, 2.45) is 5.10 Å². The van der Waals surface area contributed by atoms with Crippen molar-refractivity contribution < 1.29 is 4.74 Å². The summed E-state index contributed by atoms with van der Waals surface area (Å²) in [5, 5.41) is 11.4. The van der Waals surface area contributed by atoms with Crippen molar-refractivity contribution in [2.75, 3.05) is 18.4 Å². The molecule has 0 radical (unpaired) electrons. The van der Waals surface area contributed by atoms with Crippen molar-refractivity contribution in [3.05, 3.63) is 34.6 Å². The number of rotatable bonds is 4.